The average Bonchev–Trinajstić information content (AvgIpc) is 3.38. The van der Waals surface area contributed by atoms with Gasteiger partial charge in [0.1, 0.15) is 24.0 Å². The zero-order valence-electron chi connectivity index (χ0n) is 23.8. The minimum absolute atomic E-state index is 0.0261. The van der Waals surface area contributed by atoms with Crippen LogP contribution < -0.4 is 14.8 Å². The third kappa shape index (κ3) is 5.48. The SMILES string of the molecule is CCCOc1cc2c(c(C)c1O[C@@H]1OC(C)(C)[C@H](OC)[C@@H](O)[C@H]1O)CC(=O)C(NC(=O)c1cc3ccccc3[nH]1)=C2. The third-order valence-electron chi connectivity index (χ3n) is 7.61. The summed E-state index contributed by atoms with van der Waals surface area (Å²) < 4.78 is 23.6. The van der Waals surface area contributed by atoms with Crippen LogP contribution in [0.3, 0.4) is 0 Å². The minimum Gasteiger partial charge on any atom is -0.490 e. The molecule has 4 atom stereocenters. The summed E-state index contributed by atoms with van der Waals surface area (Å²) in [6, 6.07) is 11.0. The van der Waals surface area contributed by atoms with Gasteiger partial charge >= 0.3 is 0 Å². The number of ketones is 1. The van der Waals surface area contributed by atoms with E-state index >= 15 is 0 Å². The summed E-state index contributed by atoms with van der Waals surface area (Å²) >= 11 is 0. The number of carbonyl (C=O) groups is 2. The van der Waals surface area contributed by atoms with E-state index in [0.717, 1.165) is 17.3 Å². The van der Waals surface area contributed by atoms with Crippen LogP contribution in [0.1, 0.15) is 54.4 Å². The smallest absolute Gasteiger partial charge is 0.272 e. The van der Waals surface area contributed by atoms with Crippen molar-refractivity contribution in [3.8, 4) is 11.5 Å². The molecule has 0 unspecified atom stereocenters. The topological polar surface area (TPSA) is 139 Å². The molecule has 3 aromatic rings. The molecule has 218 valence electrons. The lowest BCUT2D eigenvalue weighted by atomic mass is 9.89. The Kier molecular flexibility index (Phi) is 7.93. The molecule has 0 spiro atoms. The Morgan fingerprint density at radius 1 is 1.20 bits per heavy atom. The van der Waals surface area contributed by atoms with Crippen molar-refractivity contribution in [2.24, 2.45) is 0 Å². The molecule has 1 amide bonds. The molecule has 5 rings (SSSR count). The molecule has 1 aliphatic heterocycles. The fourth-order valence-corrected chi connectivity index (χ4v) is 5.46. The highest BCUT2D eigenvalue weighted by Crippen LogP contribution is 2.41. The highest BCUT2D eigenvalue weighted by Gasteiger charge is 2.50. The molecule has 1 fully saturated rings. The quantitative estimate of drug-likeness (QED) is 0.327. The molecule has 2 aliphatic rings. The molecule has 4 N–H and O–H groups in total. The van der Waals surface area contributed by atoms with Crippen molar-refractivity contribution in [3.63, 3.8) is 0 Å². The fraction of sp³-hybridized carbons (Fsp3) is 0.419. The van der Waals surface area contributed by atoms with E-state index in [2.05, 4.69) is 10.3 Å². The van der Waals surface area contributed by atoms with Gasteiger partial charge in [0.15, 0.2) is 17.3 Å². The molecule has 41 heavy (non-hydrogen) atoms. The molecule has 2 aromatic carbocycles. The molecule has 0 radical (unpaired) electrons. The van der Waals surface area contributed by atoms with Crippen molar-refractivity contribution in [2.75, 3.05) is 13.7 Å². The van der Waals surface area contributed by atoms with E-state index in [4.69, 9.17) is 18.9 Å². The van der Waals surface area contributed by atoms with Crippen LogP contribution in [-0.2, 0) is 20.7 Å². The molecule has 1 aliphatic carbocycles. The normalized spacial score (nSPS) is 23.6. The standard InChI is InChI=1S/C31H36N2O8/c1-6-11-39-24-14-18-13-21(33-29(37)22-12-17-9-7-8-10-20(17)32-22)23(34)15-19(18)16(2)27(24)40-30-26(36)25(35)28(38-5)31(3,4)41-30/h7-10,12-14,25-26,28,30,32,35-36H,6,11,15H2,1-5H3,(H,33,37)/t25-,26+,28+,30+/m0/s1. The van der Waals surface area contributed by atoms with Gasteiger partial charge < -0.3 is 39.5 Å². The van der Waals surface area contributed by atoms with Gasteiger partial charge in [-0.3, -0.25) is 9.59 Å². The molecular weight excluding hydrogens is 528 g/mol. The van der Waals surface area contributed by atoms with Crippen LogP contribution in [0.4, 0.5) is 0 Å². The molecule has 1 saturated heterocycles. The predicted octanol–water partition coefficient (Wildman–Crippen LogP) is 3.41. The number of rotatable bonds is 8. The van der Waals surface area contributed by atoms with Crippen LogP contribution in [0.15, 0.2) is 42.1 Å². The summed E-state index contributed by atoms with van der Waals surface area (Å²) in [6.07, 6.45) is -2.22. The number of amides is 1. The van der Waals surface area contributed by atoms with Crippen molar-refractivity contribution in [2.45, 2.75) is 70.7 Å². The van der Waals surface area contributed by atoms with Gasteiger partial charge in [-0.15, -0.1) is 0 Å². The summed E-state index contributed by atoms with van der Waals surface area (Å²) in [6.45, 7) is 7.66. The minimum atomic E-state index is -1.39. The lowest BCUT2D eigenvalue weighted by Gasteiger charge is -2.46. The number of aromatic nitrogens is 1. The number of H-pyrrole nitrogens is 1. The van der Waals surface area contributed by atoms with Crippen LogP contribution in [-0.4, -0.2) is 70.8 Å². The molecule has 0 saturated carbocycles. The molecular formula is C31H36N2O8. The zero-order chi connectivity index (χ0) is 29.5. The maximum atomic E-state index is 13.2. The molecule has 2 heterocycles. The second-order valence-electron chi connectivity index (χ2n) is 11.0. The van der Waals surface area contributed by atoms with Crippen LogP contribution in [0, 0.1) is 6.92 Å². The van der Waals surface area contributed by atoms with E-state index in [1.807, 2.05) is 31.2 Å². The average molecular weight is 565 g/mol. The predicted molar refractivity (Wildman–Crippen MR) is 152 cm³/mol. The number of benzene rings is 2. The van der Waals surface area contributed by atoms with E-state index in [0.29, 0.717) is 40.5 Å². The van der Waals surface area contributed by atoms with Gasteiger partial charge in [-0.05, 0) is 68.2 Å². The van der Waals surface area contributed by atoms with Crippen LogP contribution >= 0.6 is 0 Å². The first-order valence-electron chi connectivity index (χ1n) is 13.7. The summed E-state index contributed by atoms with van der Waals surface area (Å²) in [4.78, 5) is 29.3. The van der Waals surface area contributed by atoms with E-state index in [1.165, 1.54) is 7.11 Å². The van der Waals surface area contributed by atoms with Gasteiger partial charge in [-0.1, -0.05) is 25.1 Å². The number of carbonyl (C=O) groups excluding carboxylic acids is 2. The highest BCUT2D eigenvalue weighted by molar-refractivity contribution is 6.09. The molecule has 1 aromatic heterocycles. The van der Waals surface area contributed by atoms with Crippen molar-refractivity contribution >= 4 is 28.7 Å². The number of Topliss-reactive ketones (excluding diaryl/α,β-unsaturated/α-hetero) is 1. The second-order valence-corrected chi connectivity index (χ2v) is 11.0. The number of aliphatic hydroxyl groups excluding tert-OH is 2. The van der Waals surface area contributed by atoms with E-state index < -0.39 is 36.1 Å². The molecule has 0 bridgehead atoms. The van der Waals surface area contributed by atoms with Gasteiger partial charge in [0, 0.05) is 24.4 Å². The summed E-state index contributed by atoms with van der Waals surface area (Å²) in [7, 11) is 1.44. The van der Waals surface area contributed by atoms with E-state index in [-0.39, 0.29) is 17.9 Å². The number of ether oxygens (including phenoxy) is 4. The van der Waals surface area contributed by atoms with Gasteiger partial charge in [0.25, 0.3) is 5.91 Å². The maximum absolute atomic E-state index is 13.2. The molecule has 10 heteroatoms. The number of methoxy groups -OCH3 is 1. The number of nitrogens with one attached hydrogen (secondary N) is 2. The zero-order valence-corrected chi connectivity index (χ0v) is 23.8. The van der Waals surface area contributed by atoms with Crippen molar-refractivity contribution in [1.82, 2.24) is 10.3 Å². The summed E-state index contributed by atoms with van der Waals surface area (Å²) in [5, 5.41) is 25.2. The largest absolute Gasteiger partial charge is 0.490 e. The first kappa shape index (κ1) is 28.8. The van der Waals surface area contributed by atoms with Crippen molar-refractivity contribution in [1.29, 1.82) is 0 Å². The summed E-state index contributed by atoms with van der Waals surface area (Å²) in [5.41, 5.74) is 2.45. The maximum Gasteiger partial charge on any atom is 0.272 e. The number of hydrogen-bond acceptors (Lipinski definition) is 8. The Hall–Kier alpha value is -3.70. The number of aliphatic hydroxyl groups is 2. The van der Waals surface area contributed by atoms with Crippen LogP contribution in [0.2, 0.25) is 0 Å². The van der Waals surface area contributed by atoms with Gasteiger partial charge in [-0.25, -0.2) is 0 Å². The number of aromatic amines is 1. The Morgan fingerprint density at radius 2 is 1.95 bits per heavy atom. The molecule has 10 nitrogen and oxygen atoms in total. The lowest BCUT2D eigenvalue weighted by Crippen LogP contribution is -2.63. The first-order chi connectivity index (χ1) is 19.5. The van der Waals surface area contributed by atoms with Crippen molar-refractivity contribution in [3.05, 3.63) is 64.5 Å². The fourth-order valence-electron chi connectivity index (χ4n) is 5.46. The van der Waals surface area contributed by atoms with Gasteiger partial charge in [0.2, 0.25) is 6.29 Å². The highest BCUT2D eigenvalue weighted by atomic mass is 16.7. The lowest BCUT2D eigenvalue weighted by molar-refractivity contribution is -0.306. The Bertz CT molecular complexity index is 1470. The van der Waals surface area contributed by atoms with E-state index in [9.17, 15) is 19.8 Å². The monoisotopic (exact) mass is 564 g/mol. The van der Waals surface area contributed by atoms with Gasteiger partial charge in [0.05, 0.1) is 17.9 Å². The number of para-hydroxylation sites is 1. The summed E-state index contributed by atoms with van der Waals surface area (Å²) in [5.74, 6) is 0.0351. The van der Waals surface area contributed by atoms with Gasteiger partial charge in [-0.2, -0.15) is 0 Å². The number of hydrogen-bond donors (Lipinski definition) is 4. The first-order valence-corrected chi connectivity index (χ1v) is 13.7. The van der Waals surface area contributed by atoms with E-state index in [1.54, 1.807) is 39.0 Å². The Labute approximate surface area is 238 Å². The van der Waals surface area contributed by atoms with Crippen molar-refractivity contribution < 1.29 is 38.7 Å². The van der Waals surface area contributed by atoms with Crippen LogP contribution in [0.5, 0.6) is 11.5 Å². The number of allylic oxidation sites excluding steroid dienone is 1. The Morgan fingerprint density at radius 3 is 2.66 bits per heavy atom. The second kappa shape index (κ2) is 11.3. The Balaban J connectivity index is 1.46. The number of fused-ring (bicyclic) bond motifs is 2. The van der Waals surface area contributed by atoms with Crippen LogP contribution in [0.25, 0.3) is 17.0 Å². The third-order valence-corrected chi connectivity index (χ3v) is 7.61.